The second kappa shape index (κ2) is 8.82. The van der Waals surface area contributed by atoms with E-state index in [-0.39, 0.29) is 12.0 Å². The molecule has 0 spiro atoms. The Labute approximate surface area is 181 Å². The first kappa shape index (κ1) is 22.4. The van der Waals surface area contributed by atoms with E-state index in [1.807, 2.05) is 32.2 Å². The lowest BCUT2D eigenvalue weighted by Gasteiger charge is -2.42. The van der Waals surface area contributed by atoms with Gasteiger partial charge in [0.05, 0.1) is 15.9 Å². The maximum atomic E-state index is 13.5. The molecule has 1 aromatic rings. The van der Waals surface area contributed by atoms with E-state index in [0.717, 1.165) is 24.8 Å². The van der Waals surface area contributed by atoms with Crippen LogP contribution in [-0.4, -0.2) is 64.3 Å². The molecule has 0 radical (unpaired) electrons. The number of amides is 2. The minimum absolute atomic E-state index is 0.0986. The molecule has 8 heteroatoms. The van der Waals surface area contributed by atoms with Crippen LogP contribution in [0.2, 0.25) is 4.34 Å². The molecule has 1 saturated heterocycles. The van der Waals surface area contributed by atoms with Gasteiger partial charge in [-0.1, -0.05) is 30.9 Å². The van der Waals surface area contributed by atoms with Crippen LogP contribution in [0.25, 0.3) is 0 Å². The summed E-state index contributed by atoms with van der Waals surface area (Å²) in [6, 6.07) is 1.86. The molecule has 6 nitrogen and oxygen atoms in total. The van der Waals surface area contributed by atoms with Crippen molar-refractivity contribution in [1.82, 2.24) is 9.80 Å². The number of hydrogen-bond donors (Lipinski definition) is 1. The third-order valence-corrected chi connectivity index (χ3v) is 6.90. The standard InChI is InChI=1S/C21H31ClN2O4S/c1-20(2,3)28-19(26)24-12-10-23(11-13-24)18(25)16(15-7-14-29-17(15)22)21(27)8-5-4-6-9-21/h7,14,16,27H,4-6,8-13H2,1-3H3. The minimum Gasteiger partial charge on any atom is -0.444 e. The fraction of sp³-hybridized carbons (Fsp3) is 0.714. The van der Waals surface area contributed by atoms with Crippen molar-refractivity contribution in [3.8, 4) is 0 Å². The van der Waals surface area contributed by atoms with Crippen molar-refractivity contribution in [2.24, 2.45) is 0 Å². The van der Waals surface area contributed by atoms with Crippen molar-refractivity contribution < 1.29 is 19.4 Å². The molecule has 2 heterocycles. The Kier molecular flexibility index (Phi) is 6.81. The van der Waals surface area contributed by atoms with Crippen molar-refractivity contribution in [3.63, 3.8) is 0 Å². The Morgan fingerprint density at radius 1 is 1.14 bits per heavy atom. The van der Waals surface area contributed by atoms with E-state index in [4.69, 9.17) is 16.3 Å². The Morgan fingerprint density at radius 2 is 1.72 bits per heavy atom. The van der Waals surface area contributed by atoms with Gasteiger partial charge in [-0.25, -0.2) is 4.79 Å². The molecule has 0 bridgehead atoms. The quantitative estimate of drug-likeness (QED) is 0.759. The fourth-order valence-electron chi connectivity index (χ4n) is 4.23. The van der Waals surface area contributed by atoms with Gasteiger partial charge in [0.15, 0.2) is 0 Å². The van der Waals surface area contributed by atoms with Crippen LogP contribution in [0.1, 0.15) is 64.4 Å². The average molecular weight is 443 g/mol. The van der Waals surface area contributed by atoms with Crippen molar-refractivity contribution in [3.05, 3.63) is 21.3 Å². The number of aliphatic hydroxyl groups is 1. The predicted molar refractivity (Wildman–Crippen MR) is 114 cm³/mol. The van der Waals surface area contributed by atoms with E-state index < -0.39 is 17.1 Å². The monoisotopic (exact) mass is 442 g/mol. The van der Waals surface area contributed by atoms with Gasteiger partial charge in [0.2, 0.25) is 5.91 Å². The van der Waals surface area contributed by atoms with Crippen LogP contribution in [0, 0.1) is 0 Å². The average Bonchev–Trinajstić information content (AvgIpc) is 3.06. The first-order valence-electron chi connectivity index (χ1n) is 10.3. The van der Waals surface area contributed by atoms with Gasteiger partial charge in [0.25, 0.3) is 0 Å². The summed E-state index contributed by atoms with van der Waals surface area (Å²) in [6.07, 6.45) is 3.76. The Balaban J connectivity index is 1.73. The summed E-state index contributed by atoms with van der Waals surface area (Å²) < 4.78 is 6.00. The molecule has 1 N–H and O–H groups in total. The molecular formula is C21H31ClN2O4S. The highest BCUT2D eigenvalue weighted by molar-refractivity contribution is 7.14. The van der Waals surface area contributed by atoms with Crippen LogP contribution in [0.5, 0.6) is 0 Å². The predicted octanol–water partition coefficient (Wildman–Crippen LogP) is 4.26. The van der Waals surface area contributed by atoms with E-state index in [1.54, 1.807) is 9.80 Å². The van der Waals surface area contributed by atoms with Crippen molar-refractivity contribution >= 4 is 34.9 Å². The minimum atomic E-state index is -1.07. The molecule has 29 heavy (non-hydrogen) atoms. The second-order valence-electron chi connectivity index (χ2n) is 9.04. The second-order valence-corrected chi connectivity index (χ2v) is 10.6. The molecule has 1 atom stereocenters. The van der Waals surface area contributed by atoms with Gasteiger partial charge in [-0.2, -0.15) is 0 Å². The van der Waals surface area contributed by atoms with E-state index in [2.05, 4.69) is 0 Å². The van der Waals surface area contributed by atoms with Crippen LogP contribution < -0.4 is 0 Å². The van der Waals surface area contributed by atoms with Gasteiger partial charge in [0, 0.05) is 26.2 Å². The number of carbonyl (C=O) groups is 2. The van der Waals surface area contributed by atoms with Crippen molar-refractivity contribution in [2.45, 2.75) is 70.0 Å². The van der Waals surface area contributed by atoms with Crippen LogP contribution in [0.4, 0.5) is 4.79 Å². The zero-order chi connectivity index (χ0) is 21.2. The highest BCUT2D eigenvalue weighted by Gasteiger charge is 2.46. The van der Waals surface area contributed by atoms with Crippen LogP contribution >= 0.6 is 22.9 Å². The van der Waals surface area contributed by atoms with Gasteiger partial charge < -0.3 is 19.6 Å². The lowest BCUT2D eigenvalue weighted by Crippen LogP contribution is -2.55. The lowest BCUT2D eigenvalue weighted by molar-refractivity contribution is -0.143. The maximum Gasteiger partial charge on any atom is 0.410 e. The lowest BCUT2D eigenvalue weighted by atomic mass is 9.72. The number of thiophene rings is 1. The smallest absolute Gasteiger partial charge is 0.410 e. The molecule has 1 aromatic heterocycles. The van der Waals surface area contributed by atoms with Crippen LogP contribution in [0.3, 0.4) is 0 Å². The zero-order valence-electron chi connectivity index (χ0n) is 17.4. The topological polar surface area (TPSA) is 70.1 Å². The van der Waals surface area contributed by atoms with Gasteiger partial charge in [-0.3, -0.25) is 4.79 Å². The first-order valence-corrected chi connectivity index (χ1v) is 11.6. The molecule has 1 unspecified atom stereocenters. The van der Waals surface area contributed by atoms with E-state index >= 15 is 0 Å². The van der Waals surface area contributed by atoms with E-state index in [0.29, 0.717) is 43.4 Å². The zero-order valence-corrected chi connectivity index (χ0v) is 19.0. The summed E-state index contributed by atoms with van der Waals surface area (Å²) in [7, 11) is 0. The number of halogens is 1. The number of carbonyl (C=O) groups excluding carboxylic acids is 2. The molecule has 162 valence electrons. The maximum absolute atomic E-state index is 13.5. The summed E-state index contributed by atoms with van der Waals surface area (Å²) in [5.74, 6) is -0.756. The highest BCUT2D eigenvalue weighted by atomic mass is 35.5. The molecule has 1 aliphatic carbocycles. The Hall–Kier alpha value is -1.31. The number of nitrogens with zero attached hydrogens (tertiary/aromatic N) is 2. The Morgan fingerprint density at radius 3 is 2.24 bits per heavy atom. The number of hydrogen-bond acceptors (Lipinski definition) is 5. The molecule has 2 fully saturated rings. The molecule has 2 amide bonds. The summed E-state index contributed by atoms with van der Waals surface area (Å²) in [5.41, 5.74) is -0.891. The van der Waals surface area contributed by atoms with Gasteiger partial charge in [-0.05, 0) is 50.6 Å². The SMILES string of the molecule is CC(C)(C)OC(=O)N1CCN(C(=O)C(c2ccsc2Cl)C2(O)CCCCC2)CC1. The Bertz CT molecular complexity index is 731. The number of piperazine rings is 1. The molecular weight excluding hydrogens is 412 g/mol. The number of rotatable bonds is 3. The first-order chi connectivity index (χ1) is 13.6. The third-order valence-electron chi connectivity index (χ3n) is 5.70. The molecule has 2 aliphatic rings. The largest absolute Gasteiger partial charge is 0.444 e. The van der Waals surface area contributed by atoms with E-state index in [1.165, 1.54) is 11.3 Å². The van der Waals surface area contributed by atoms with Gasteiger partial charge in [-0.15, -0.1) is 11.3 Å². The van der Waals surface area contributed by atoms with Crippen molar-refractivity contribution in [2.75, 3.05) is 26.2 Å². The molecule has 1 saturated carbocycles. The van der Waals surface area contributed by atoms with Gasteiger partial charge in [0.1, 0.15) is 5.60 Å². The third kappa shape index (κ3) is 5.25. The van der Waals surface area contributed by atoms with Crippen LogP contribution in [0.15, 0.2) is 11.4 Å². The van der Waals surface area contributed by atoms with Crippen molar-refractivity contribution in [1.29, 1.82) is 0 Å². The molecule has 0 aromatic carbocycles. The summed E-state index contributed by atoms with van der Waals surface area (Å²) in [5, 5.41) is 13.3. The summed E-state index contributed by atoms with van der Waals surface area (Å²) in [4.78, 5) is 29.2. The molecule has 1 aliphatic heterocycles. The normalized spacial score (nSPS) is 21.0. The summed E-state index contributed by atoms with van der Waals surface area (Å²) in [6.45, 7) is 7.20. The fourth-order valence-corrected chi connectivity index (χ4v) is 5.22. The molecule has 3 rings (SSSR count). The van der Waals surface area contributed by atoms with E-state index in [9.17, 15) is 14.7 Å². The summed E-state index contributed by atoms with van der Waals surface area (Å²) >= 11 is 7.78. The number of ether oxygens (including phenoxy) is 1. The highest BCUT2D eigenvalue weighted by Crippen LogP contribution is 2.44. The van der Waals surface area contributed by atoms with Crippen LogP contribution in [-0.2, 0) is 9.53 Å². The van der Waals surface area contributed by atoms with Gasteiger partial charge >= 0.3 is 6.09 Å².